The summed E-state index contributed by atoms with van der Waals surface area (Å²) < 4.78 is 4.98. The predicted octanol–water partition coefficient (Wildman–Crippen LogP) is 0.519. The molecule has 2 N–H and O–H groups in total. The summed E-state index contributed by atoms with van der Waals surface area (Å²) in [7, 11) is 0. The minimum Gasteiger partial charge on any atom is -0.447 e. The number of nitrogens with two attached hydrogens (primary N) is 1. The van der Waals surface area contributed by atoms with E-state index < -0.39 is 0 Å². The number of nitrogens with zero attached hydrogens (tertiary/aromatic N) is 1. The molecule has 2 aliphatic rings. The highest BCUT2D eigenvalue weighted by Crippen LogP contribution is 2.26. The van der Waals surface area contributed by atoms with Crippen LogP contribution < -0.4 is 5.73 Å². The third kappa shape index (κ3) is 1.98. The summed E-state index contributed by atoms with van der Waals surface area (Å²) in [6.45, 7) is 1.80. The Bertz CT molecular complexity index is 219. The first-order valence-electron chi connectivity index (χ1n) is 5.02. The van der Waals surface area contributed by atoms with Crippen molar-refractivity contribution in [3.63, 3.8) is 0 Å². The van der Waals surface area contributed by atoms with Crippen molar-refractivity contribution in [3.8, 4) is 0 Å². The van der Waals surface area contributed by atoms with E-state index in [1.165, 1.54) is 17.9 Å². The molecular formula is C9H16N2O2S. The molecule has 0 aromatic heterocycles. The Kier molecular flexibility index (Phi) is 3.18. The number of carbonyl (C=O) groups excluding carboxylic acids is 1. The molecule has 80 valence electrons. The average Bonchev–Trinajstić information content (AvgIpc) is 2.79. The molecule has 2 heterocycles. The van der Waals surface area contributed by atoms with Gasteiger partial charge >= 0.3 is 6.09 Å². The molecule has 0 spiro atoms. The molecule has 4 nitrogen and oxygen atoms in total. The largest absolute Gasteiger partial charge is 0.447 e. The Morgan fingerprint density at radius 1 is 1.64 bits per heavy atom. The van der Waals surface area contributed by atoms with Crippen molar-refractivity contribution >= 4 is 17.9 Å². The van der Waals surface area contributed by atoms with Gasteiger partial charge in [-0.15, -0.1) is 0 Å². The molecule has 2 aliphatic heterocycles. The van der Waals surface area contributed by atoms with Gasteiger partial charge in [-0.05, 0) is 23.8 Å². The minimum absolute atomic E-state index is 0.105. The molecule has 2 unspecified atom stereocenters. The van der Waals surface area contributed by atoms with Crippen LogP contribution in [0.3, 0.4) is 0 Å². The third-order valence-electron chi connectivity index (χ3n) is 2.83. The van der Waals surface area contributed by atoms with Gasteiger partial charge in [0.2, 0.25) is 0 Å². The molecule has 1 amide bonds. The third-order valence-corrected chi connectivity index (χ3v) is 4.06. The maximum Gasteiger partial charge on any atom is 0.410 e. The van der Waals surface area contributed by atoms with E-state index in [2.05, 4.69) is 0 Å². The van der Waals surface area contributed by atoms with Crippen LogP contribution in [0.25, 0.3) is 0 Å². The van der Waals surface area contributed by atoms with Crippen LogP contribution in [0.1, 0.15) is 6.42 Å². The summed E-state index contributed by atoms with van der Waals surface area (Å²) in [6.07, 6.45) is 1.03. The van der Waals surface area contributed by atoms with Crippen molar-refractivity contribution < 1.29 is 9.53 Å². The van der Waals surface area contributed by atoms with Crippen molar-refractivity contribution in [3.05, 3.63) is 0 Å². The maximum absolute atomic E-state index is 11.4. The quantitative estimate of drug-likeness (QED) is 0.747. The molecule has 0 saturated carbocycles. The lowest BCUT2D eigenvalue weighted by Crippen LogP contribution is -2.41. The lowest BCUT2D eigenvalue weighted by molar-refractivity contribution is 0.154. The van der Waals surface area contributed by atoms with E-state index in [1.807, 2.05) is 11.8 Å². The smallest absolute Gasteiger partial charge is 0.410 e. The van der Waals surface area contributed by atoms with Gasteiger partial charge in [-0.1, -0.05) is 0 Å². The van der Waals surface area contributed by atoms with E-state index >= 15 is 0 Å². The lowest BCUT2D eigenvalue weighted by Gasteiger charge is -2.22. The second-order valence-corrected chi connectivity index (χ2v) is 5.00. The first-order valence-corrected chi connectivity index (χ1v) is 6.18. The molecule has 2 atom stereocenters. The summed E-state index contributed by atoms with van der Waals surface area (Å²) >= 11 is 1.97. The number of thioether (sulfide) groups is 1. The number of rotatable bonds is 3. The van der Waals surface area contributed by atoms with Crippen LogP contribution in [0, 0.1) is 5.92 Å². The van der Waals surface area contributed by atoms with Gasteiger partial charge < -0.3 is 15.4 Å². The molecule has 5 heteroatoms. The van der Waals surface area contributed by atoms with Gasteiger partial charge in [-0.3, -0.25) is 0 Å². The molecule has 14 heavy (non-hydrogen) atoms. The number of carbonyl (C=O) groups is 1. The number of amides is 1. The van der Waals surface area contributed by atoms with Crippen molar-refractivity contribution in [2.75, 3.05) is 31.2 Å². The van der Waals surface area contributed by atoms with Crippen molar-refractivity contribution in [1.29, 1.82) is 0 Å². The van der Waals surface area contributed by atoms with Crippen LogP contribution in [0.15, 0.2) is 0 Å². The van der Waals surface area contributed by atoms with Crippen LogP contribution >= 0.6 is 11.8 Å². The fraction of sp³-hybridized carbons (Fsp3) is 0.889. The molecule has 0 aliphatic carbocycles. The molecule has 2 saturated heterocycles. The van der Waals surface area contributed by atoms with Gasteiger partial charge in [0.1, 0.15) is 6.61 Å². The monoisotopic (exact) mass is 216 g/mol. The molecule has 2 fully saturated rings. The average molecular weight is 216 g/mol. The van der Waals surface area contributed by atoms with Crippen molar-refractivity contribution in [2.24, 2.45) is 11.7 Å². The zero-order valence-corrected chi connectivity index (χ0v) is 8.96. The topological polar surface area (TPSA) is 55.6 Å². The molecule has 2 rings (SSSR count). The number of cyclic esters (lactones) is 1. The Morgan fingerprint density at radius 3 is 3.14 bits per heavy atom. The number of hydrogen-bond donors (Lipinski definition) is 1. The fourth-order valence-corrected chi connectivity index (χ4v) is 3.19. The summed E-state index contributed by atoms with van der Waals surface area (Å²) in [4.78, 5) is 13.2. The van der Waals surface area contributed by atoms with E-state index in [1.54, 1.807) is 4.90 Å². The van der Waals surface area contributed by atoms with Crippen LogP contribution in [0.4, 0.5) is 4.79 Å². The zero-order chi connectivity index (χ0) is 9.97. The lowest BCUT2D eigenvalue weighted by atomic mass is 10.1. The first kappa shape index (κ1) is 10.1. The molecule has 0 radical (unpaired) electrons. The fourth-order valence-electron chi connectivity index (χ4n) is 1.91. The van der Waals surface area contributed by atoms with E-state index in [0.717, 1.165) is 6.54 Å². The van der Waals surface area contributed by atoms with E-state index in [4.69, 9.17) is 10.5 Å². The molecule has 0 aromatic rings. The van der Waals surface area contributed by atoms with Gasteiger partial charge in [0.15, 0.2) is 0 Å². The molecule has 0 aromatic carbocycles. The highest BCUT2D eigenvalue weighted by Gasteiger charge is 2.34. The van der Waals surface area contributed by atoms with Gasteiger partial charge in [0.05, 0.1) is 6.04 Å². The van der Waals surface area contributed by atoms with Gasteiger partial charge in [0.25, 0.3) is 0 Å². The van der Waals surface area contributed by atoms with Gasteiger partial charge in [0, 0.05) is 13.1 Å². The summed E-state index contributed by atoms with van der Waals surface area (Å²) in [5.74, 6) is 3.03. The normalized spacial score (nSPS) is 32.4. The predicted molar refractivity (Wildman–Crippen MR) is 56.3 cm³/mol. The van der Waals surface area contributed by atoms with E-state index in [0.29, 0.717) is 19.1 Å². The Hall–Kier alpha value is -0.420. The summed E-state index contributed by atoms with van der Waals surface area (Å²) in [6, 6.07) is 0.105. The Balaban J connectivity index is 1.90. The van der Waals surface area contributed by atoms with Crippen molar-refractivity contribution in [2.45, 2.75) is 12.5 Å². The first-order chi connectivity index (χ1) is 6.81. The van der Waals surface area contributed by atoms with E-state index in [-0.39, 0.29) is 12.1 Å². The molecule has 0 bridgehead atoms. The summed E-state index contributed by atoms with van der Waals surface area (Å²) in [5.41, 5.74) is 5.58. The molecular weight excluding hydrogens is 200 g/mol. The highest BCUT2D eigenvalue weighted by atomic mass is 32.2. The SMILES string of the molecule is NCC1COC(=O)N1CC1CCSC1. The van der Waals surface area contributed by atoms with Crippen LogP contribution in [0.5, 0.6) is 0 Å². The van der Waals surface area contributed by atoms with Gasteiger partial charge in [-0.25, -0.2) is 4.79 Å². The maximum atomic E-state index is 11.4. The van der Waals surface area contributed by atoms with Crippen LogP contribution in [0.2, 0.25) is 0 Å². The minimum atomic E-state index is -0.183. The van der Waals surface area contributed by atoms with Crippen LogP contribution in [-0.4, -0.2) is 48.2 Å². The second kappa shape index (κ2) is 4.40. The van der Waals surface area contributed by atoms with Crippen molar-refractivity contribution in [1.82, 2.24) is 4.90 Å². The Morgan fingerprint density at radius 2 is 2.50 bits per heavy atom. The van der Waals surface area contributed by atoms with E-state index in [9.17, 15) is 4.79 Å². The van der Waals surface area contributed by atoms with Crippen LogP contribution in [-0.2, 0) is 4.74 Å². The highest BCUT2D eigenvalue weighted by molar-refractivity contribution is 7.99. The van der Waals surface area contributed by atoms with Gasteiger partial charge in [-0.2, -0.15) is 11.8 Å². The summed E-state index contributed by atoms with van der Waals surface area (Å²) in [5, 5.41) is 0. The second-order valence-electron chi connectivity index (χ2n) is 3.85. The zero-order valence-electron chi connectivity index (χ0n) is 8.15. The Labute approximate surface area is 88.1 Å². The number of ether oxygens (including phenoxy) is 1. The number of hydrogen-bond acceptors (Lipinski definition) is 4. The standard InChI is InChI=1S/C9H16N2O2S/c10-3-8-5-13-9(12)11(8)4-7-1-2-14-6-7/h7-8H,1-6,10H2.